The van der Waals surface area contributed by atoms with E-state index in [4.69, 9.17) is 23.2 Å². The zero-order valence-corrected chi connectivity index (χ0v) is 41.7. The molecule has 4 aromatic carbocycles. The number of hydrogen-bond donors (Lipinski definition) is 4. The Kier molecular flexibility index (Phi) is 14.3. The molecule has 4 heterocycles. The van der Waals surface area contributed by atoms with Crippen molar-refractivity contribution in [3.05, 3.63) is 151 Å². The van der Waals surface area contributed by atoms with E-state index >= 15 is 0 Å². The molecule has 74 heavy (non-hydrogen) atoms. The van der Waals surface area contributed by atoms with Crippen LogP contribution in [0.2, 0.25) is 10.0 Å². The van der Waals surface area contributed by atoms with Crippen molar-refractivity contribution >= 4 is 46.4 Å². The van der Waals surface area contributed by atoms with Gasteiger partial charge in [-0.25, -0.2) is 9.36 Å². The van der Waals surface area contributed by atoms with Gasteiger partial charge in [-0.05, 0) is 118 Å². The highest BCUT2D eigenvalue weighted by molar-refractivity contribution is 6.32. The Balaban J connectivity index is 0.956. The first-order valence-corrected chi connectivity index (χ1v) is 23.8. The fourth-order valence-corrected chi connectivity index (χ4v) is 8.93. The standard InChI is InChI=1S/C50H46Cl2F6N14O2/c1-26-6-7-30(47(73)63-35-14-32(20-59-4)45(51)39(18-35)49(53,54)55)16-43(26)71-24-42(66-67-71)38-23-62-70(28(38)3)13-12-29-8-9-31(17-44(29)72-25-41(65-68-72)37-22-61-69(5)27(37)2)48(74)64-36-15-33(21-60-34-10-11-34)46(52)40(19-36)50(56,57)58/h6-9,14-19,22-25,34,59-60H,10-13,20-21H2,1-5H3,(H,63,73)(H,64,74). The summed E-state index contributed by atoms with van der Waals surface area (Å²) >= 11 is 12.3. The lowest BCUT2D eigenvalue weighted by molar-refractivity contribution is -0.138. The minimum atomic E-state index is -4.77. The molecule has 0 aliphatic heterocycles. The summed E-state index contributed by atoms with van der Waals surface area (Å²) in [7, 11) is 3.37. The topological polar surface area (TPSA) is 179 Å². The quantitative estimate of drug-likeness (QED) is 0.0681. The van der Waals surface area contributed by atoms with Crippen molar-refractivity contribution in [2.45, 2.75) is 78.1 Å². The number of benzene rings is 4. The molecule has 1 aliphatic carbocycles. The summed E-state index contributed by atoms with van der Waals surface area (Å²) in [6.07, 6.45) is -0.621. The number of anilines is 2. The number of nitrogens with one attached hydrogen (secondary N) is 4. The van der Waals surface area contributed by atoms with Crippen LogP contribution in [0.1, 0.15) is 78.3 Å². The van der Waals surface area contributed by atoms with Crippen LogP contribution in [0.15, 0.2) is 85.5 Å². The van der Waals surface area contributed by atoms with Crippen LogP contribution < -0.4 is 21.3 Å². The molecule has 0 spiro atoms. The number of halogens is 8. The van der Waals surface area contributed by atoms with Crippen LogP contribution >= 0.6 is 23.2 Å². The number of carbonyl (C=O) groups is 2. The van der Waals surface area contributed by atoms with Crippen molar-refractivity contribution in [2.75, 3.05) is 17.7 Å². The predicted molar refractivity (Wildman–Crippen MR) is 265 cm³/mol. The van der Waals surface area contributed by atoms with Gasteiger partial charge in [0.25, 0.3) is 11.8 Å². The van der Waals surface area contributed by atoms with Gasteiger partial charge in [-0.15, -0.1) is 10.2 Å². The lowest BCUT2D eigenvalue weighted by Crippen LogP contribution is -2.19. The van der Waals surface area contributed by atoms with Gasteiger partial charge in [-0.1, -0.05) is 45.8 Å². The van der Waals surface area contributed by atoms with E-state index in [-0.39, 0.29) is 52.8 Å². The van der Waals surface area contributed by atoms with Crippen molar-refractivity contribution < 1.29 is 35.9 Å². The smallest absolute Gasteiger partial charge is 0.322 e. The maximum Gasteiger partial charge on any atom is 0.417 e. The van der Waals surface area contributed by atoms with Crippen molar-refractivity contribution in [1.29, 1.82) is 0 Å². The highest BCUT2D eigenvalue weighted by Crippen LogP contribution is 2.40. The summed E-state index contributed by atoms with van der Waals surface area (Å²) in [6, 6.07) is 14.4. The summed E-state index contributed by atoms with van der Waals surface area (Å²) < 4.78 is 90.6. The van der Waals surface area contributed by atoms with Crippen molar-refractivity contribution in [3.8, 4) is 33.9 Å². The molecule has 16 nitrogen and oxygen atoms in total. The number of nitrogens with zero attached hydrogens (tertiary/aromatic N) is 10. The molecule has 0 atom stereocenters. The Bertz CT molecular complexity index is 3450. The molecule has 1 saturated carbocycles. The van der Waals surface area contributed by atoms with Crippen molar-refractivity contribution in [1.82, 2.24) is 60.2 Å². The number of aryl methyl sites for hydroxylation is 4. The summed E-state index contributed by atoms with van der Waals surface area (Å²) in [5, 5.41) is 36.8. The molecular weight excluding hydrogens is 1010 g/mol. The van der Waals surface area contributed by atoms with Crippen LogP contribution in [0, 0.1) is 20.8 Å². The Morgan fingerprint density at radius 2 is 1.20 bits per heavy atom. The molecule has 24 heteroatoms. The van der Waals surface area contributed by atoms with E-state index < -0.39 is 45.3 Å². The molecule has 0 radical (unpaired) electrons. The largest absolute Gasteiger partial charge is 0.417 e. The molecule has 1 aliphatic rings. The van der Waals surface area contributed by atoms with Gasteiger partial charge in [0.2, 0.25) is 0 Å². The third kappa shape index (κ3) is 10.9. The van der Waals surface area contributed by atoms with Gasteiger partial charge in [0.15, 0.2) is 0 Å². The van der Waals surface area contributed by atoms with Crippen molar-refractivity contribution in [2.24, 2.45) is 7.05 Å². The van der Waals surface area contributed by atoms with Gasteiger partial charge in [0.1, 0.15) is 11.4 Å². The molecular formula is C50H46Cl2F6N14O2. The molecule has 9 rings (SSSR count). The third-order valence-electron chi connectivity index (χ3n) is 12.7. The molecule has 4 aromatic heterocycles. The molecule has 1 fully saturated rings. The maximum absolute atomic E-state index is 14.2. The Hall–Kier alpha value is -7.40. The van der Waals surface area contributed by atoms with Gasteiger partial charge in [0, 0.05) is 77.7 Å². The minimum Gasteiger partial charge on any atom is -0.322 e. The maximum atomic E-state index is 14.2. The molecule has 0 bridgehead atoms. The SMILES string of the molecule is CNCc1cc(NC(=O)c2ccc(C)c(-n3cc(-c4cnn(CCc5ccc(C(=O)Nc6cc(CNC7CC7)c(Cl)c(C(F)(F)F)c6)cc5-n5cc(-c6cnn(C)c6C)nn5)c4C)nn3)c2)cc(C(F)(F)F)c1Cl. The highest BCUT2D eigenvalue weighted by Gasteiger charge is 2.36. The van der Waals surface area contributed by atoms with Crippen LogP contribution in [0.5, 0.6) is 0 Å². The number of aromatic nitrogens is 10. The second-order valence-electron chi connectivity index (χ2n) is 17.9. The fourth-order valence-electron chi connectivity index (χ4n) is 8.36. The third-order valence-corrected chi connectivity index (χ3v) is 13.6. The van der Waals surface area contributed by atoms with Crippen LogP contribution in [0.4, 0.5) is 37.7 Å². The van der Waals surface area contributed by atoms with Gasteiger partial charge < -0.3 is 21.3 Å². The van der Waals surface area contributed by atoms with E-state index in [1.807, 2.05) is 20.8 Å². The second kappa shape index (κ2) is 20.5. The van der Waals surface area contributed by atoms with E-state index in [9.17, 15) is 35.9 Å². The summed E-state index contributed by atoms with van der Waals surface area (Å²) in [5.41, 5.74) is 4.79. The monoisotopic (exact) mass is 1060 g/mol. The van der Waals surface area contributed by atoms with E-state index in [0.29, 0.717) is 41.3 Å². The Morgan fingerprint density at radius 1 is 0.676 bits per heavy atom. The van der Waals surface area contributed by atoms with Crippen LogP contribution in [-0.2, 0) is 45.5 Å². The lowest BCUT2D eigenvalue weighted by atomic mass is 10.0. The number of carbonyl (C=O) groups excluding carboxylic acids is 2. The highest BCUT2D eigenvalue weighted by atomic mass is 35.5. The molecule has 0 saturated heterocycles. The summed E-state index contributed by atoms with van der Waals surface area (Å²) in [4.78, 5) is 27.4. The number of alkyl halides is 6. The summed E-state index contributed by atoms with van der Waals surface area (Å²) in [6.45, 7) is 6.05. The molecule has 0 unspecified atom stereocenters. The van der Waals surface area contributed by atoms with Gasteiger partial charge in [0.05, 0.1) is 57.3 Å². The zero-order chi connectivity index (χ0) is 52.8. The predicted octanol–water partition coefficient (Wildman–Crippen LogP) is 10.1. The molecule has 384 valence electrons. The van der Waals surface area contributed by atoms with Crippen LogP contribution in [0.3, 0.4) is 0 Å². The van der Waals surface area contributed by atoms with Gasteiger partial charge in [-0.3, -0.25) is 19.0 Å². The fraction of sp³-hybridized carbons (Fsp3) is 0.280. The Morgan fingerprint density at radius 3 is 1.74 bits per heavy atom. The van der Waals surface area contributed by atoms with Crippen molar-refractivity contribution in [3.63, 3.8) is 0 Å². The molecule has 8 aromatic rings. The first-order chi connectivity index (χ1) is 35.2. The number of rotatable bonds is 16. The van der Waals surface area contributed by atoms with E-state index in [1.165, 1.54) is 21.5 Å². The average molecular weight is 1060 g/mol. The number of amides is 2. The second-order valence-corrected chi connectivity index (χ2v) is 18.7. The minimum absolute atomic E-state index is 0.0396. The molecule has 4 N–H and O–H groups in total. The Labute approximate surface area is 429 Å². The molecule has 2 amide bonds. The first-order valence-electron chi connectivity index (χ1n) is 23.1. The van der Waals surface area contributed by atoms with Gasteiger partial charge >= 0.3 is 12.4 Å². The van der Waals surface area contributed by atoms with E-state index in [2.05, 4.69) is 52.1 Å². The van der Waals surface area contributed by atoms with E-state index in [0.717, 1.165) is 53.1 Å². The zero-order valence-electron chi connectivity index (χ0n) is 40.2. The van der Waals surface area contributed by atoms with E-state index in [1.54, 1.807) is 84.6 Å². The summed E-state index contributed by atoms with van der Waals surface area (Å²) in [5.74, 6) is -1.32. The normalized spacial score (nSPS) is 12.9. The van der Waals surface area contributed by atoms with Gasteiger partial charge in [-0.2, -0.15) is 36.5 Å². The van der Waals surface area contributed by atoms with Crippen LogP contribution in [-0.4, -0.2) is 74.5 Å². The van der Waals surface area contributed by atoms with Crippen LogP contribution in [0.25, 0.3) is 33.9 Å². The lowest BCUT2D eigenvalue weighted by Gasteiger charge is -2.17. The average Bonchev–Trinajstić information content (AvgIpc) is 3.62. The first kappa shape index (κ1) is 51.5. The number of hydrogen-bond acceptors (Lipinski definition) is 10.